The Labute approximate surface area is 76.8 Å². The van der Waals surface area contributed by atoms with E-state index in [0.717, 1.165) is 18.1 Å². The molecule has 1 aliphatic heterocycles. The molecule has 0 saturated heterocycles. The fourth-order valence-corrected chi connectivity index (χ4v) is 3.04. The second-order valence-corrected chi connectivity index (χ2v) is 4.68. The highest BCUT2D eigenvalue weighted by molar-refractivity contribution is 8.15. The van der Waals surface area contributed by atoms with Gasteiger partial charge in [-0.25, -0.2) is 4.99 Å². The highest BCUT2D eigenvalue weighted by Gasteiger charge is 2.33. The van der Waals surface area contributed by atoms with Crippen LogP contribution in [0.5, 0.6) is 0 Å². The molecule has 1 saturated carbocycles. The molecule has 3 heteroatoms. The van der Waals surface area contributed by atoms with Gasteiger partial charge in [0.15, 0.2) is 0 Å². The standard InChI is InChI=1S/C9H13NOS/c1-2-6-3-4-7-8(5-6)12-9(11)10-7/h6,8H,2-5H2,1H3. The molecule has 1 aliphatic carbocycles. The van der Waals surface area contributed by atoms with Crippen LogP contribution >= 0.6 is 11.8 Å². The Morgan fingerprint density at radius 1 is 1.67 bits per heavy atom. The molecule has 2 rings (SSSR count). The van der Waals surface area contributed by atoms with Crippen LogP contribution in [-0.2, 0) is 0 Å². The highest BCUT2D eigenvalue weighted by Crippen LogP contribution is 2.36. The molecule has 2 unspecified atom stereocenters. The number of carbonyl (C=O) groups is 1. The minimum atomic E-state index is 0.0340. The molecule has 2 atom stereocenters. The summed E-state index contributed by atoms with van der Waals surface area (Å²) < 4.78 is 0. The van der Waals surface area contributed by atoms with Gasteiger partial charge in [0.05, 0.1) is 5.25 Å². The van der Waals surface area contributed by atoms with Gasteiger partial charge in [-0.05, 0) is 25.2 Å². The first kappa shape index (κ1) is 8.30. The monoisotopic (exact) mass is 183 g/mol. The lowest BCUT2D eigenvalue weighted by atomic mass is 9.86. The smallest absolute Gasteiger partial charge is 0.259 e. The molecule has 0 spiro atoms. The van der Waals surface area contributed by atoms with Crippen LogP contribution in [-0.4, -0.2) is 16.2 Å². The predicted molar refractivity (Wildman–Crippen MR) is 51.8 cm³/mol. The lowest BCUT2D eigenvalue weighted by molar-refractivity contribution is 0.268. The summed E-state index contributed by atoms with van der Waals surface area (Å²) in [6.45, 7) is 2.23. The van der Waals surface area contributed by atoms with E-state index in [4.69, 9.17) is 0 Å². The maximum atomic E-state index is 11.0. The zero-order valence-corrected chi connectivity index (χ0v) is 8.06. The van der Waals surface area contributed by atoms with Gasteiger partial charge in [-0.15, -0.1) is 0 Å². The van der Waals surface area contributed by atoms with Crippen molar-refractivity contribution < 1.29 is 4.79 Å². The van der Waals surface area contributed by atoms with Gasteiger partial charge in [0.25, 0.3) is 0 Å². The normalized spacial score (nSPS) is 34.8. The molecule has 12 heavy (non-hydrogen) atoms. The molecule has 66 valence electrons. The number of fused-ring (bicyclic) bond motifs is 1. The lowest BCUT2D eigenvalue weighted by Gasteiger charge is -2.24. The predicted octanol–water partition coefficient (Wildman–Crippen LogP) is 2.87. The molecule has 1 amide bonds. The number of aliphatic imine (C=N–C) groups is 1. The van der Waals surface area contributed by atoms with Crippen molar-refractivity contribution >= 4 is 22.7 Å². The number of carbonyl (C=O) groups excluding carboxylic acids is 1. The van der Waals surface area contributed by atoms with Crippen molar-refractivity contribution in [1.82, 2.24) is 0 Å². The average Bonchev–Trinajstić information content (AvgIpc) is 2.43. The minimum Gasteiger partial charge on any atom is -0.259 e. The third-order valence-electron chi connectivity index (χ3n) is 2.78. The van der Waals surface area contributed by atoms with E-state index in [-0.39, 0.29) is 5.24 Å². The molecule has 0 bridgehead atoms. The number of rotatable bonds is 1. The summed E-state index contributed by atoms with van der Waals surface area (Å²) in [4.78, 5) is 15.0. The van der Waals surface area contributed by atoms with Crippen LogP contribution < -0.4 is 0 Å². The second kappa shape index (κ2) is 3.21. The molecular formula is C9H13NOS. The van der Waals surface area contributed by atoms with Gasteiger partial charge in [0, 0.05) is 5.71 Å². The summed E-state index contributed by atoms with van der Waals surface area (Å²) in [7, 11) is 0. The van der Waals surface area contributed by atoms with Crippen molar-refractivity contribution in [3.63, 3.8) is 0 Å². The zero-order valence-electron chi connectivity index (χ0n) is 7.25. The second-order valence-electron chi connectivity index (χ2n) is 3.52. The highest BCUT2D eigenvalue weighted by atomic mass is 32.2. The Morgan fingerprint density at radius 3 is 3.25 bits per heavy atom. The van der Waals surface area contributed by atoms with Gasteiger partial charge in [-0.2, -0.15) is 0 Å². The van der Waals surface area contributed by atoms with E-state index in [0.29, 0.717) is 5.25 Å². The summed E-state index contributed by atoms with van der Waals surface area (Å²) in [5, 5.41) is 0.475. The number of hydrogen-bond donors (Lipinski definition) is 0. The van der Waals surface area contributed by atoms with Crippen LogP contribution in [0.4, 0.5) is 4.79 Å². The van der Waals surface area contributed by atoms with Gasteiger partial charge in [0.1, 0.15) is 0 Å². The first-order valence-electron chi connectivity index (χ1n) is 4.57. The summed E-state index contributed by atoms with van der Waals surface area (Å²) >= 11 is 1.43. The van der Waals surface area contributed by atoms with E-state index >= 15 is 0 Å². The average molecular weight is 183 g/mol. The maximum Gasteiger partial charge on any atom is 0.305 e. The van der Waals surface area contributed by atoms with Crippen molar-refractivity contribution in [2.24, 2.45) is 10.9 Å². The van der Waals surface area contributed by atoms with Gasteiger partial charge in [0.2, 0.25) is 0 Å². The topological polar surface area (TPSA) is 29.4 Å². The number of hydrogen-bond acceptors (Lipinski definition) is 2. The summed E-state index contributed by atoms with van der Waals surface area (Å²) in [6.07, 6.45) is 4.71. The molecular weight excluding hydrogens is 170 g/mol. The fourth-order valence-electron chi connectivity index (χ4n) is 1.95. The molecule has 0 radical (unpaired) electrons. The van der Waals surface area contributed by atoms with Crippen molar-refractivity contribution in [2.45, 2.75) is 37.9 Å². The largest absolute Gasteiger partial charge is 0.305 e. The maximum absolute atomic E-state index is 11.0. The molecule has 0 aromatic heterocycles. The van der Waals surface area contributed by atoms with Crippen molar-refractivity contribution in [2.75, 3.05) is 0 Å². The molecule has 1 fully saturated rings. The zero-order chi connectivity index (χ0) is 8.55. The Hall–Kier alpha value is -0.310. The lowest BCUT2D eigenvalue weighted by Crippen LogP contribution is -2.24. The van der Waals surface area contributed by atoms with E-state index in [1.54, 1.807) is 0 Å². The SMILES string of the molecule is CCC1CCC2=NC(=O)SC2C1. The fraction of sp³-hybridized carbons (Fsp3) is 0.778. The minimum absolute atomic E-state index is 0.0340. The molecule has 2 nitrogen and oxygen atoms in total. The van der Waals surface area contributed by atoms with E-state index in [9.17, 15) is 4.79 Å². The first-order chi connectivity index (χ1) is 5.79. The third kappa shape index (κ3) is 1.42. The van der Waals surface area contributed by atoms with Crippen molar-refractivity contribution in [1.29, 1.82) is 0 Å². The van der Waals surface area contributed by atoms with Gasteiger partial charge in [-0.3, -0.25) is 4.79 Å². The molecule has 0 aromatic carbocycles. The van der Waals surface area contributed by atoms with Crippen LogP contribution in [0.15, 0.2) is 4.99 Å². The Balaban J connectivity index is 2.05. The van der Waals surface area contributed by atoms with E-state index in [1.807, 2.05) is 0 Å². The van der Waals surface area contributed by atoms with E-state index in [2.05, 4.69) is 11.9 Å². The number of thioether (sulfide) groups is 1. The van der Waals surface area contributed by atoms with Crippen LogP contribution in [0.3, 0.4) is 0 Å². The quantitative estimate of drug-likeness (QED) is 0.625. The Bertz CT molecular complexity index is 237. The van der Waals surface area contributed by atoms with E-state index in [1.165, 1.54) is 31.0 Å². The molecule has 0 N–H and O–H groups in total. The van der Waals surface area contributed by atoms with Crippen LogP contribution in [0.25, 0.3) is 0 Å². The number of amides is 1. The summed E-state index contributed by atoms with van der Waals surface area (Å²) in [5.74, 6) is 0.826. The Morgan fingerprint density at radius 2 is 2.50 bits per heavy atom. The van der Waals surface area contributed by atoms with Crippen molar-refractivity contribution in [3.05, 3.63) is 0 Å². The van der Waals surface area contributed by atoms with Crippen LogP contribution in [0, 0.1) is 5.92 Å². The summed E-state index contributed by atoms with van der Waals surface area (Å²) in [5.41, 5.74) is 1.16. The Kier molecular flexibility index (Phi) is 2.22. The van der Waals surface area contributed by atoms with Crippen molar-refractivity contribution in [3.8, 4) is 0 Å². The third-order valence-corrected chi connectivity index (χ3v) is 3.83. The van der Waals surface area contributed by atoms with Gasteiger partial charge < -0.3 is 0 Å². The molecule has 0 aromatic rings. The summed E-state index contributed by atoms with van der Waals surface area (Å²) in [6, 6.07) is 0. The number of nitrogens with zero attached hydrogens (tertiary/aromatic N) is 1. The van der Waals surface area contributed by atoms with Gasteiger partial charge >= 0.3 is 5.24 Å². The van der Waals surface area contributed by atoms with Gasteiger partial charge in [-0.1, -0.05) is 25.1 Å². The van der Waals surface area contributed by atoms with Crippen LogP contribution in [0.2, 0.25) is 0 Å². The van der Waals surface area contributed by atoms with Crippen LogP contribution in [0.1, 0.15) is 32.6 Å². The molecule has 1 heterocycles. The first-order valence-corrected chi connectivity index (χ1v) is 5.45. The molecule has 2 aliphatic rings. The van der Waals surface area contributed by atoms with E-state index < -0.39 is 0 Å².